The van der Waals surface area contributed by atoms with E-state index in [2.05, 4.69) is 5.32 Å². The highest BCUT2D eigenvalue weighted by atomic mass is 16.5. The van der Waals surface area contributed by atoms with Gasteiger partial charge in [0, 0.05) is 0 Å². The molecule has 0 bridgehead atoms. The molecule has 3 heteroatoms. The summed E-state index contributed by atoms with van der Waals surface area (Å²) in [6.45, 7) is 0.700. The second-order valence-electron chi connectivity index (χ2n) is 3.50. The van der Waals surface area contributed by atoms with Crippen LogP contribution in [0.15, 0.2) is 36.6 Å². The third-order valence-corrected chi connectivity index (χ3v) is 2.54. The fourth-order valence-electron chi connectivity index (χ4n) is 1.77. The van der Waals surface area contributed by atoms with Gasteiger partial charge in [-0.1, -0.05) is 12.1 Å². The van der Waals surface area contributed by atoms with E-state index < -0.39 is 0 Å². The molecular weight excluding hydrogens is 178 g/mol. The standard InChI is InChI=1S/C11H11NO2/c1-2-4-10-9(3-1)12-11(14-10)8-5-6-13-7-8/h1-6,8,11-12H,7H2. The van der Waals surface area contributed by atoms with Crippen molar-refractivity contribution in [2.75, 3.05) is 11.9 Å². The zero-order valence-corrected chi connectivity index (χ0v) is 7.64. The van der Waals surface area contributed by atoms with Gasteiger partial charge in [0.05, 0.1) is 24.5 Å². The van der Waals surface area contributed by atoms with E-state index in [0.29, 0.717) is 12.5 Å². The van der Waals surface area contributed by atoms with E-state index >= 15 is 0 Å². The number of ether oxygens (including phenoxy) is 2. The van der Waals surface area contributed by atoms with Crippen LogP contribution in [0.5, 0.6) is 5.75 Å². The maximum Gasteiger partial charge on any atom is 0.179 e. The Kier molecular flexibility index (Phi) is 1.63. The fraction of sp³-hybridized carbons (Fsp3) is 0.273. The molecule has 2 unspecified atom stereocenters. The SMILES string of the molecule is C1=CC(C2Nc3ccccc3O2)CO1. The van der Waals surface area contributed by atoms with Crippen LogP contribution in [-0.2, 0) is 4.74 Å². The number of rotatable bonds is 1. The lowest BCUT2D eigenvalue weighted by atomic mass is 10.1. The van der Waals surface area contributed by atoms with Crippen molar-refractivity contribution in [3.63, 3.8) is 0 Å². The van der Waals surface area contributed by atoms with Crippen LogP contribution in [0.3, 0.4) is 0 Å². The molecule has 2 atom stereocenters. The summed E-state index contributed by atoms with van der Waals surface area (Å²) in [6.07, 6.45) is 3.79. The molecule has 3 nitrogen and oxygen atoms in total. The smallest absolute Gasteiger partial charge is 0.179 e. The number of nitrogens with one attached hydrogen (secondary N) is 1. The molecule has 1 N–H and O–H groups in total. The molecule has 0 aromatic heterocycles. The van der Waals surface area contributed by atoms with Gasteiger partial charge >= 0.3 is 0 Å². The molecule has 14 heavy (non-hydrogen) atoms. The predicted molar refractivity (Wildman–Crippen MR) is 53.1 cm³/mol. The Bertz CT molecular complexity index is 350. The van der Waals surface area contributed by atoms with Gasteiger partial charge < -0.3 is 14.8 Å². The van der Waals surface area contributed by atoms with E-state index in [9.17, 15) is 0 Å². The number of hydrogen-bond donors (Lipinski definition) is 1. The van der Waals surface area contributed by atoms with Crippen molar-refractivity contribution in [2.24, 2.45) is 5.92 Å². The fourth-order valence-corrected chi connectivity index (χ4v) is 1.77. The Balaban J connectivity index is 1.81. The Morgan fingerprint density at radius 3 is 3.00 bits per heavy atom. The molecule has 0 saturated carbocycles. The van der Waals surface area contributed by atoms with Crippen LogP contribution in [-0.4, -0.2) is 12.8 Å². The first-order valence-corrected chi connectivity index (χ1v) is 4.74. The number of fused-ring (bicyclic) bond motifs is 1. The van der Waals surface area contributed by atoms with Crippen molar-refractivity contribution < 1.29 is 9.47 Å². The first-order valence-electron chi connectivity index (χ1n) is 4.74. The summed E-state index contributed by atoms with van der Waals surface area (Å²) in [5.41, 5.74) is 1.07. The molecule has 0 fully saturated rings. The van der Waals surface area contributed by atoms with E-state index in [0.717, 1.165) is 11.4 Å². The van der Waals surface area contributed by atoms with Gasteiger partial charge in [-0.25, -0.2) is 0 Å². The van der Waals surface area contributed by atoms with Gasteiger partial charge in [0.15, 0.2) is 6.23 Å². The molecule has 72 valence electrons. The maximum atomic E-state index is 5.75. The summed E-state index contributed by atoms with van der Waals surface area (Å²) < 4.78 is 10.9. The van der Waals surface area contributed by atoms with Gasteiger partial charge in [0.1, 0.15) is 5.75 Å². The van der Waals surface area contributed by atoms with E-state index in [4.69, 9.17) is 9.47 Å². The summed E-state index contributed by atoms with van der Waals surface area (Å²) in [5.74, 6) is 1.24. The zero-order chi connectivity index (χ0) is 9.38. The molecular formula is C11H11NO2. The third kappa shape index (κ3) is 1.13. The molecule has 0 spiro atoms. The minimum Gasteiger partial charge on any atom is -0.501 e. The second-order valence-corrected chi connectivity index (χ2v) is 3.50. The number of hydrogen-bond acceptors (Lipinski definition) is 3. The molecule has 1 aromatic carbocycles. The van der Waals surface area contributed by atoms with Crippen molar-refractivity contribution >= 4 is 5.69 Å². The Morgan fingerprint density at radius 1 is 1.29 bits per heavy atom. The number of para-hydroxylation sites is 2. The first-order chi connectivity index (χ1) is 6.93. The van der Waals surface area contributed by atoms with Gasteiger partial charge in [-0.2, -0.15) is 0 Å². The highest BCUT2D eigenvalue weighted by Crippen LogP contribution is 2.34. The summed E-state index contributed by atoms with van der Waals surface area (Å²) >= 11 is 0. The predicted octanol–water partition coefficient (Wildman–Crippen LogP) is 1.98. The highest BCUT2D eigenvalue weighted by Gasteiger charge is 2.29. The topological polar surface area (TPSA) is 30.5 Å². The van der Waals surface area contributed by atoms with Gasteiger partial charge in [0.25, 0.3) is 0 Å². The molecule has 0 saturated heterocycles. The van der Waals surface area contributed by atoms with Crippen molar-refractivity contribution in [1.29, 1.82) is 0 Å². The van der Waals surface area contributed by atoms with E-state index in [1.807, 2.05) is 30.3 Å². The van der Waals surface area contributed by atoms with Crippen molar-refractivity contribution in [3.05, 3.63) is 36.6 Å². The number of benzene rings is 1. The molecule has 2 aliphatic heterocycles. The first kappa shape index (κ1) is 7.74. The third-order valence-electron chi connectivity index (χ3n) is 2.54. The van der Waals surface area contributed by atoms with Crippen LogP contribution < -0.4 is 10.1 Å². The molecule has 3 rings (SSSR count). The lowest BCUT2D eigenvalue weighted by Gasteiger charge is -2.15. The molecule has 0 radical (unpaired) electrons. The van der Waals surface area contributed by atoms with Crippen molar-refractivity contribution in [1.82, 2.24) is 0 Å². The van der Waals surface area contributed by atoms with E-state index in [1.54, 1.807) is 6.26 Å². The minimum absolute atomic E-state index is 0.0196. The minimum atomic E-state index is 0.0196. The molecule has 1 aromatic rings. The van der Waals surface area contributed by atoms with Gasteiger partial charge in [-0.3, -0.25) is 0 Å². The second kappa shape index (κ2) is 2.94. The van der Waals surface area contributed by atoms with Crippen molar-refractivity contribution in [3.8, 4) is 5.75 Å². The van der Waals surface area contributed by atoms with E-state index in [1.165, 1.54) is 0 Å². The quantitative estimate of drug-likeness (QED) is 0.732. The monoisotopic (exact) mass is 189 g/mol. The van der Waals surface area contributed by atoms with Crippen LogP contribution in [0.1, 0.15) is 0 Å². The van der Waals surface area contributed by atoms with Gasteiger partial charge in [0.2, 0.25) is 0 Å². The van der Waals surface area contributed by atoms with Gasteiger partial charge in [-0.05, 0) is 18.2 Å². The lowest BCUT2D eigenvalue weighted by molar-refractivity contribution is 0.156. The van der Waals surface area contributed by atoms with Crippen LogP contribution in [0.4, 0.5) is 5.69 Å². The normalized spacial score (nSPS) is 27.7. The summed E-state index contributed by atoms with van der Waals surface area (Å²) in [7, 11) is 0. The van der Waals surface area contributed by atoms with E-state index in [-0.39, 0.29) is 6.23 Å². The highest BCUT2D eigenvalue weighted by molar-refractivity contribution is 5.59. The van der Waals surface area contributed by atoms with Crippen LogP contribution in [0.2, 0.25) is 0 Å². The zero-order valence-electron chi connectivity index (χ0n) is 7.64. The summed E-state index contributed by atoms with van der Waals surface area (Å²) in [4.78, 5) is 0. The maximum absolute atomic E-state index is 5.75. The van der Waals surface area contributed by atoms with Crippen LogP contribution >= 0.6 is 0 Å². The molecule has 0 aliphatic carbocycles. The lowest BCUT2D eigenvalue weighted by Crippen LogP contribution is -2.30. The summed E-state index contributed by atoms with van der Waals surface area (Å²) in [5, 5.41) is 3.32. The Hall–Kier alpha value is -1.64. The van der Waals surface area contributed by atoms with Crippen LogP contribution in [0, 0.1) is 5.92 Å². The molecule has 2 heterocycles. The Morgan fingerprint density at radius 2 is 2.21 bits per heavy atom. The largest absolute Gasteiger partial charge is 0.501 e. The molecule has 2 aliphatic rings. The average molecular weight is 189 g/mol. The summed E-state index contributed by atoms with van der Waals surface area (Å²) in [6, 6.07) is 7.97. The average Bonchev–Trinajstić information content (AvgIpc) is 2.86. The molecule has 0 amide bonds. The Labute approximate surface area is 82.3 Å². The number of anilines is 1. The van der Waals surface area contributed by atoms with Crippen LogP contribution in [0.25, 0.3) is 0 Å². The van der Waals surface area contributed by atoms with Gasteiger partial charge in [-0.15, -0.1) is 0 Å². The van der Waals surface area contributed by atoms with Crippen molar-refractivity contribution in [2.45, 2.75) is 6.23 Å².